The molecule has 0 saturated carbocycles. The lowest BCUT2D eigenvalue weighted by molar-refractivity contribution is -0.137. The highest BCUT2D eigenvalue weighted by molar-refractivity contribution is 7.91. The van der Waals surface area contributed by atoms with Gasteiger partial charge in [-0.15, -0.1) is 11.3 Å². The van der Waals surface area contributed by atoms with Crippen molar-refractivity contribution in [2.75, 3.05) is 32.6 Å². The molecule has 3 heterocycles. The normalized spacial score (nSPS) is 16.6. The van der Waals surface area contributed by atoms with Gasteiger partial charge in [-0.25, -0.2) is 18.4 Å². The molecule has 0 aliphatic carbocycles. The lowest BCUT2D eigenvalue weighted by Gasteiger charge is -2.26. The van der Waals surface area contributed by atoms with E-state index in [1.165, 1.54) is 13.0 Å². The van der Waals surface area contributed by atoms with Crippen LogP contribution in [0.15, 0.2) is 17.2 Å². The van der Waals surface area contributed by atoms with E-state index in [-0.39, 0.29) is 21.3 Å². The average Bonchev–Trinajstić information content (AvgIpc) is 2.98. The summed E-state index contributed by atoms with van der Waals surface area (Å²) in [5.41, 5.74) is -1.27. The lowest BCUT2D eigenvalue weighted by Crippen LogP contribution is -2.35. The Hall–Kier alpha value is -1.56. The number of ether oxygens (including phenoxy) is 1. The van der Waals surface area contributed by atoms with Crippen LogP contribution in [0.1, 0.15) is 16.3 Å². The van der Waals surface area contributed by atoms with E-state index in [2.05, 4.69) is 9.97 Å². The molecule has 27 heavy (non-hydrogen) atoms. The predicted octanol–water partition coefficient (Wildman–Crippen LogP) is 2.77. The van der Waals surface area contributed by atoms with Crippen molar-refractivity contribution in [3.8, 4) is 10.6 Å². The zero-order chi connectivity index (χ0) is 19.8. The molecule has 0 aromatic carbocycles. The first-order chi connectivity index (χ1) is 12.6. The van der Waals surface area contributed by atoms with Crippen LogP contribution < -0.4 is 0 Å². The maximum Gasteiger partial charge on any atom is 0.420 e. The van der Waals surface area contributed by atoms with Crippen molar-refractivity contribution in [1.82, 2.24) is 14.9 Å². The van der Waals surface area contributed by atoms with Crippen LogP contribution in [0, 0.1) is 6.92 Å². The minimum Gasteiger partial charge on any atom is -0.379 e. The molecule has 2 aromatic rings. The summed E-state index contributed by atoms with van der Waals surface area (Å²) >= 11 is 1.02. The van der Waals surface area contributed by atoms with Crippen LogP contribution in [-0.2, 0) is 27.3 Å². The molecule has 0 amide bonds. The first kappa shape index (κ1) is 20.2. The summed E-state index contributed by atoms with van der Waals surface area (Å²) in [5, 5.41) is 0. The third-order valence-electron chi connectivity index (χ3n) is 4.09. The highest BCUT2D eigenvalue weighted by Crippen LogP contribution is 2.40. The molecule has 0 spiro atoms. The zero-order valence-corrected chi connectivity index (χ0v) is 16.3. The van der Waals surface area contributed by atoms with Gasteiger partial charge in [0.1, 0.15) is 11.4 Å². The number of halogens is 3. The number of alkyl halides is 3. The second-order valence-electron chi connectivity index (χ2n) is 6.24. The predicted molar refractivity (Wildman–Crippen MR) is 94.3 cm³/mol. The third-order valence-corrected chi connectivity index (χ3v) is 6.51. The molecule has 3 rings (SSSR count). The fourth-order valence-electron chi connectivity index (χ4n) is 2.78. The van der Waals surface area contributed by atoms with Gasteiger partial charge in [0.15, 0.2) is 9.84 Å². The van der Waals surface area contributed by atoms with Crippen molar-refractivity contribution in [2.45, 2.75) is 24.5 Å². The van der Waals surface area contributed by atoms with Crippen molar-refractivity contribution in [2.24, 2.45) is 0 Å². The minimum absolute atomic E-state index is 0.0402. The van der Waals surface area contributed by atoms with Gasteiger partial charge in [0.25, 0.3) is 0 Å². The highest BCUT2D eigenvalue weighted by Gasteiger charge is 2.36. The van der Waals surface area contributed by atoms with Crippen molar-refractivity contribution in [3.63, 3.8) is 0 Å². The van der Waals surface area contributed by atoms with E-state index in [0.29, 0.717) is 37.7 Å². The molecular formula is C16H18F3N3O3S2. The number of morpholine rings is 1. The number of aryl methyl sites for hydroxylation is 1. The largest absolute Gasteiger partial charge is 0.420 e. The second-order valence-corrected chi connectivity index (χ2v) is 9.36. The summed E-state index contributed by atoms with van der Waals surface area (Å²) in [6.45, 7) is 4.17. The van der Waals surface area contributed by atoms with Crippen LogP contribution in [0.4, 0.5) is 13.2 Å². The van der Waals surface area contributed by atoms with E-state index in [1.807, 2.05) is 4.90 Å². The number of sulfone groups is 1. The maximum atomic E-state index is 13.4. The molecule has 0 radical (unpaired) electrons. The van der Waals surface area contributed by atoms with Crippen LogP contribution in [0.2, 0.25) is 0 Å². The van der Waals surface area contributed by atoms with Crippen molar-refractivity contribution in [1.29, 1.82) is 0 Å². The van der Waals surface area contributed by atoms with Gasteiger partial charge in [-0.1, -0.05) is 0 Å². The summed E-state index contributed by atoms with van der Waals surface area (Å²) in [5.74, 6) is 0.182. The fourth-order valence-corrected chi connectivity index (χ4v) is 5.35. The van der Waals surface area contributed by atoms with Crippen LogP contribution >= 0.6 is 11.3 Å². The molecule has 1 saturated heterocycles. The fraction of sp³-hybridized carbons (Fsp3) is 0.500. The summed E-state index contributed by atoms with van der Waals surface area (Å²) < 4.78 is 69.8. The molecule has 148 valence electrons. The van der Waals surface area contributed by atoms with E-state index < -0.39 is 21.6 Å². The number of nitrogens with zero attached hydrogens (tertiary/aromatic N) is 3. The van der Waals surface area contributed by atoms with Crippen LogP contribution in [-0.4, -0.2) is 55.8 Å². The van der Waals surface area contributed by atoms with E-state index in [0.717, 1.165) is 23.8 Å². The molecule has 2 aromatic heterocycles. The quantitative estimate of drug-likeness (QED) is 0.756. The summed E-state index contributed by atoms with van der Waals surface area (Å²) in [4.78, 5) is 10.3. The summed E-state index contributed by atoms with van der Waals surface area (Å²) in [6.07, 6.45) is -2.85. The Bertz CT molecular complexity index is 936. The first-order valence-electron chi connectivity index (χ1n) is 8.10. The number of thiophene rings is 1. The Balaban J connectivity index is 2.09. The Morgan fingerprint density at radius 1 is 1.30 bits per heavy atom. The van der Waals surface area contributed by atoms with Crippen molar-refractivity contribution >= 4 is 21.2 Å². The Labute approximate surface area is 158 Å². The SMILES string of the molecule is Cc1ncc(C(F)(F)F)c(-c2cc(S(C)(=O)=O)c(CN3CCOCC3)s2)n1. The molecule has 0 N–H and O–H groups in total. The van der Waals surface area contributed by atoms with Gasteiger partial charge in [-0.3, -0.25) is 4.90 Å². The van der Waals surface area contributed by atoms with Gasteiger partial charge in [0.05, 0.1) is 28.7 Å². The standard InChI is InChI=1S/C16H18F3N3O3S2/c1-10-20-8-11(16(17,18)19)15(21-10)12-7-14(27(2,23)24)13(26-12)9-22-3-5-25-6-4-22/h7-8H,3-6,9H2,1-2H3. The lowest BCUT2D eigenvalue weighted by atomic mass is 10.2. The smallest absolute Gasteiger partial charge is 0.379 e. The molecule has 11 heteroatoms. The molecule has 1 aliphatic rings. The van der Waals surface area contributed by atoms with Gasteiger partial charge in [0.2, 0.25) is 0 Å². The molecule has 0 bridgehead atoms. The molecule has 0 unspecified atom stereocenters. The van der Waals surface area contributed by atoms with Gasteiger partial charge >= 0.3 is 6.18 Å². The van der Waals surface area contributed by atoms with Gasteiger partial charge in [-0.2, -0.15) is 13.2 Å². The van der Waals surface area contributed by atoms with E-state index >= 15 is 0 Å². The number of rotatable bonds is 4. The maximum absolute atomic E-state index is 13.4. The monoisotopic (exact) mass is 421 g/mol. The van der Waals surface area contributed by atoms with Crippen LogP contribution in [0.5, 0.6) is 0 Å². The second kappa shape index (κ2) is 7.46. The number of hydrogen-bond acceptors (Lipinski definition) is 7. The van der Waals surface area contributed by atoms with Gasteiger partial charge in [-0.05, 0) is 13.0 Å². The zero-order valence-electron chi connectivity index (χ0n) is 14.7. The van der Waals surface area contributed by atoms with Crippen LogP contribution in [0.25, 0.3) is 10.6 Å². The average molecular weight is 421 g/mol. The molecular weight excluding hydrogens is 403 g/mol. The Morgan fingerprint density at radius 3 is 2.56 bits per heavy atom. The number of hydrogen-bond donors (Lipinski definition) is 0. The van der Waals surface area contributed by atoms with E-state index in [1.54, 1.807) is 0 Å². The molecule has 1 aliphatic heterocycles. The number of aromatic nitrogens is 2. The van der Waals surface area contributed by atoms with E-state index in [4.69, 9.17) is 4.74 Å². The molecule has 0 atom stereocenters. The Kier molecular flexibility index (Phi) is 5.57. The van der Waals surface area contributed by atoms with E-state index in [9.17, 15) is 21.6 Å². The summed E-state index contributed by atoms with van der Waals surface area (Å²) in [7, 11) is -3.60. The van der Waals surface area contributed by atoms with Gasteiger partial charge in [0, 0.05) is 37.0 Å². The molecule has 1 fully saturated rings. The Morgan fingerprint density at radius 2 is 1.96 bits per heavy atom. The minimum atomic E-state index is -4.64. The molecule has 6 nitrogen and oxygen atoms in total. The highest BCUT2D eigenvalue weighted by atomic mass is 32.2. The van der Waals surface area contributed by atoms with Crippen molar-refractivity contribution < 1.29 is 26.3 Å². The topological polar surface area (TPSA) is 72.4 Å². The summed E-state index contributed by atoms with van der Waals surface area (Å²) in [6, 6.07) is 1.28. The van der Waals surface area contributed by atoms with Gasteiger partial charge < -0.3 is 4.74 Å². The first-order valence-corrected chi connectivity index (χ1v) is 10.8. The third kappa shape index (κ3) is 4.65. The van der Waals surface area contributed by atoms with Crippen molar-refractivity contribution in [3.05, 3.63) is 28.5 Å². The van der Waals surface area contributed by atoms with Crippen LogP contribution in [0.3, 0.4) is 0 Å².